The van der Waals surface area contributed by atoms with E-state index in [1.165, 1.54) is 19.3 Å². The van der Waals surface area contributed by atoms with Crippen LogP contribution in [0.25, 0.3) is 5.69 Å². The molecule has 1 heterocycles. The van der Waals surface area contributed by atoms with E-state index >= 15 is 0 Å². The molecule has 0 bridgehead atoms. The third-order valence-electron chi connectivity index (χ3n) is 4.50. The molecular formula is C17H24N4. The lowest BCUT2D eigenvalue weighted by molar-refractivity contribution is 0.226. The average Bonchev–Trinajstić information content (AvgIpc) is 2.96. The van der Waals surface area contributed by atoms with Crippen molar-refractivity contribution in [2.75, 3.05) is 0 Å². The molecule has 1 aromatic heterocycles. The zero-order valence-electron chi connectivity index (χ0n) is 12.9. The number of benzene rings is 1. The lowest BCUT2D eigenvalue weighted by Gasteiger charge is -2.33. The normalized spacial score (nSPS) is 25.9. The van der Waals surface area contributed by atoms with Gasteiger partial charge in [-0.3, -0.25) is 0 Å². The molecule has 21 heavy (non-hydrogen) atoms. The van der Waals surface area contributed by atoms with E-state index in [1.54, 1.807) is 4.80 Å². The first-order valence-electron chi connectivity index (χ1n) is 7.92. The molecule has 1 N–H and O–H groups in total. The second-order valence-corrected chi connectivity index (χ2v) is 6.34. The molecule has 1 aliphatic rings. The van der Waals surface area contributed by atoms with Crippen LogP contribution in [0.5, 0.6) is 0 Å². The quantitative estimate of drug-likeness (QED) is 0.937. The summed E-state index contributed by atoms with van der Waals surface area (Å²) in [6.45, 7) is 5.52. The van der Waals surface area contributed by atoms with Crippen LogP contribution in [0.3, 0.4) is 0 Å². The van der Waals surface area contributed by atoms with Gasteiger partial charge in [0.1, 0.15) is 0 Å². The van der Waals surface area contributed by atoms with Crippen LogP contribution >= 0.6 is 0 Å². The van der Waals surface area contributed by atoms with E-state index in [1.807, 2.05) is 36.5 Å². The van der Waals surface area contributed by atoms with E-state index in [4.69, 9.17) is 0 Å². The summed E-state index contributed by atoms with van der Waals surface area (Å²) in [5, 5.41) is 12.6. The maximum absolute atomic E-state index is 4.55. The molecule has 112 valence electrons. The highest BCUT2D eigenvalue weighted by molar-refractivity contribution is 5.28. The Morgan fingerprint density at radius 1 is 1.19 bits per heavy atom. The fourth-order valence-corrected chi connectivity index (χ4v) is 3.27. The van der Waals surface area contributed by atoms with Gasteiger partial charge in [0, 0.05) is 12.6 Å². The Balaban J connectivity index is 1.58. The minimum Gasteiger partial charge on any atom is -0.308 e. The van der Waals surface area contributed by atoms with E-state index < -0.39 is 0 Å². The summed E-state index contributed by atoms with van der Waals surface area (Å²) in [5.41, 5.74) is 2.01. The van der Waals surface area contributed by atoms with Gasteiger partial charge in [0.25, 0.3) is 0 Å². The van der Waals surface area contributed by atoms with E-state index in [9.17, 15) is 0 Å². The van der Waals surface area contributed by atoms with Crippen LogP contribution in [0.2, 0.25) is 0 Å². The van der Waals surface area contributed by atoms with Gasteiger partial charge in [-0.25, -0.2) is 0 Å². The summed E-state index contributed by atoms with van der Waals surface area (Å²) >= 11 is 0. The molecule has 3 atom stereocenters. The predicted molar refractivity (Wildman–Crippen MR) is 84.2 cm³/mol. The van der Waals surface area contributed by atoms with Crippen LogP contribution in [-0.4, -0.2) is 21.0 Å². The Hall–Kier alpha value is -1.68. The van der Waals surface area contributed by atoms with Crippen LogP contribution in [0, 0.1) is 11.8 Å². The third-order valence-corrected chi connectivity index (χ3v) is 4.50. The summed E-state index contributed by atoms with van der Waals surface area (Å²) in [4.78, 5) is 1.70. The lowest BCUT2D eigenvalue weighted by Crippen LogP contribution is -2.38. The van der Waals surface area contributed by atoms with Crippen LogP contribution in [0.15, 0.2) is 36.5 Å². The van der Waals surface area contributed by atoms with Gasteiger partial charge in [-0.2, -0.15) is 15.0 Å². The van der Waals surface area contributed by atoms with Gasteiger partial charge < -0.3 is 5.32 Å². The molecule has 0 radical (unpaired) electrons. The molecule has 1 saturated carbocycles. The number of para-hydroxylation sites is 1. The summed E-state index contributed by atoms with van der Waals surface area (Å²) in [7, 11) is 0. The second-order valence-electron chi connectivity index (χ2n) is 6.34. The first-order valence-corrected chi connectivity index (χ1v) is 7.92. The topological polar surface area (TPSA) is 42.7 Å². The van der Waals surface area contributed by atoms with Crippen LogP contribution in [0.1, 0.15) is 38.8 Å². The van der Waals surface area contributed by atoms with Crippen molar-refractivity contribution in [1.29, 1.82) is 0 Å². The molecule has 1 aromatic carbocycles. The summed E-state index contributed by atoms with van der Waals surface area (Å²) < 4.78 is 0. The van der Waals surface area contributed by atoms with E-state index in [-0.39, 0.29) is 0 Å². The van der Waals surface area contributed by atoms with Crippen molar-refractivity contribution in [1.82, 2.24) is 20.3 Å². The Bertz CT molecular complexity index is 563. The molecule has 1 fully saturated rings. The van der Waals surface area contributed by atoms with Crippen molar-refractivity contribution in [3.63, 3.8) is 0 Å². The summed E-state index contributed by atoms with van der Waals surface area (Å²) in [6, 6.07) is 10.6. The second kappa shape index (κ2) is 6.39. The number of nitrogens with one attached hydrogen (secondary N) is 1. The Labute approximate surface area is 126 Å². The standard InChI is InChI=1S/C17H24N4/c1-13-8-9-17(14(2)10-13)18-11-15-12-19-21(20-15)16-6-4-3-5-7-16/h3-7,12-14,17-18H,8-11H2,1-2H3. The van der Waals surface area contributed by atoms with Crippen molar-refractivity contribution >= 4 is 0 Å². The third kappa shape index (κ3) is 3.50. The molecular weight excluding hydrogens is 260 g/mol. The molecule has 0 amide bonds. The predicted octanol–water partition coefficient (Wildman–Crippen LogP) is 3.18. The van der Waals surface area contributed by atoms with Crippen molar-refractivity contribution in [2.45, 2.75) is 45.7 Å². The number of nitrogens with zero attached hydrogens (tertiary/aromatic N) is 3. The molecule has 0 spiro atoms. The molecule has 3 rings (SSSR count). The highest BCUT2D eigenvalue weighted by Crippen LogP contribution is 2.28. The first-order chi connectivity index (χ1) is 10.2. The number of rotatable bonds is 4. The zero-order chi connectivity index (χ0) is 14.7. The molecule has 4 nitrogen and oxygen atoms in total. The van der Waals surface area contributed by atoms with Crippen molar-refractivity contribution in [3.05, 3.63) is 42.2 Å². The Kier molecular flexibility index (Phi) is 4.34. The average molecular weight is 284 g/mol. The van der Waals surface area contributed by atoms with Crippen molar-refractivity contribution < 1.29 is 0 Å². The monoisotopic (exact) mass is 284 g/mol. The fraction of sp³-hybridized carbons (Fsp3) is 0.529. The number of hydrogen-bond donors (Lipinski definition) is 1. The molecule has 3 unspecified atom stereocenters. The molecule has 0 saturated heterocycles. The lowest BCUT2D eigenvalue weighted by atomic mass is 9.80. The molecule has 0 aliphatic heterocycles. The Morgan fingerprint density at radius 2 is 2.00 bits per heavy atom. The first kappa shape index (κ1) is 14.3. The highest BCUT2D eigenvalue weighted by Gasteiger charge is 2.24. The maximum atomic E-state index is 4.55. The zero-order valence-corrected chi connectivity index (χ0v) is 12.9. The van der Waals surface area contributed by atoms with Gasteiger partial charge in [-0.15, -0.1) is 0 Å². The SMILES string of the molecule is CC1CCC(NCc2cnn(-c3ccccc3)n2)C(C)C1. The smallest absolute Gasteiger partial charge is 0.0969 e. The maximum Gasteiger partial charge on any atom is 0.0969 e. The van der Waals surface area contributed by atoms with E-state index in [2.05, 4.69) is 29.4 Å². The van der Waals surface area contributed by atoms with Crippen LogP contribution in [0.4, 0.5) is 0 Å². The van der Waals surface area contributed by atoms with Gasteiger partial charge >= 0.3 is 0 Å². The van der Waals surface area contributed by atoms with E-state index in [0.29, 0.717) is 6.04 Å². The molecule has 1 aliphatic carbocycles. The van der Waals surface area contributed by atoms with Crippen molar-refractivity contribution in [3.8, 4) is 5.69 Å². The van der Waals surface area contributed by atoms with E-state index in [0.717, 1.165) is 29.8 Å². The number of aromatic nitrogens is 3. The van der Waals surface area contributed by atoms with Crippen LogP contribution in [-0.2, 0) is 6.54 Å². The number of hydrogen-bond acceptors (Lipinski definition) is 3. The largest absolute Gasteiger partial charge is 0.308 e. The van der Waals surface area contributed by atoms with Gasteiger partial charge in [0.2, 0.25) is 0 Å². The highest BCUT2D eigenvalue weighted by atomic mass is 15.5. The summed E-state index contributed by atoms with van der Waals surface area (Å²) in [6.07, 6.45) is 5.79. The van der Waals surface area contributed by atoms with Gasteiger partial charge in [0.15, 0.2) is 0 Å². The summed E-state index contributed by atoms with van der Waals surface area (Å²) in [5.74, 6) is 1.62. The molecule has 2 aromatic rings. The fourth-order valence-electron chi connectivity index (χ4n) is 3.27. The molecule has 4 heteroatoms. The van der Waals surface area contributed by atoms with Gasteiger partial charge in [-0.05, 0) is 43.2 Å². The van der Waals surface area contributed by atoms with Crippen LogP contribution < -0.4 is 5.32 Å². The van der Waals surface area contributed by atoms with Gasteiger partial charge in [-0.1, -0.05) is 32.0 Å². The minimum atomic E-state index is 0.614. The van der Waals surface area contributed by atoms with Gasteiger partial charge in [0.05, 0.1) is 17.6 Å². The minimum absolute atomic E-state index is 0.614. The van der Waals surface area contributed by atoms with Crippen molar-refractivity contribution in [2.24, 2.45) is 11.8 Å². The Morgan fingerprint density at radius 3 is 2.76 bits per heavy atom.